The zero-order valence-electron chi connectivity index (χ0n) is 11.7. The molecule has 0 aliphatic rings. The van der Waals surface area contributed by atoms with E-state index in [9.17, 15) is 4.79 Å². The zero-order chi connectivity index (χ0) is 14.5. The third-order valence-electron chi connectivity index (χ3n) is 3.33. The van der Waals surface area contributed by atoms with Crippen molar-refractivity contribution < 1.29 is 14.6 Å². The summed E-state index contributed by atoms with van der Waals surface area (Å²) in [4.78, 5) is 10.6. The van der Waals surface area contributed by atoms with E-state index < -0.39 is 5.97 Å². The molecule has 0 unspecified atom stereocenters. The second kappa shape index (κ2) is 6.24. The molecule has 0 aliphatic heterocycles. The van der Waals surface area contributed by atoms with E-state index in [0.29, 0.717) is 6.61 Å². The Morgan fingerprint density at radius 3 is 2.35 bits per heavy atom. The maximum absolute atomic E-state index is 10.6. The van der Waals surface area contributed by atoms with Crippen LogP contribution in [0.2, 0.25) is 0 Å². The minimum Gasteiger partial charge on any atom is -0.489 e. The fraction of sp³-hybridized carbons (Fsp3) is 0.235. The Labute approximate surface area is 118 Å². The topological polar surface area (TPSA) is 46.5 Å². The molecule has 20 heavy (non-hydrogen) atoms. The van der Waals surface area contributed by atoms with Crippen molar-refractivity contribution in [3.63, 3.8) is 0 Å². The van der Waals surface area contributed by atoms with Crippen LogP contribution < -0.4 is 4.74 Å². The monoisotopic (exact) mass is 270 g/mol. The van der Waals surface area contributed by atoms with Gasteiger partial charge >= 0.3 is 5.97 Å². The van der Waals surface area contributed by atoms with E-state index in [-0.39, 0.29) is 6.42 Å². The molecule has 0 bridgehead atoms. The highest BCUT2D eigenvalue weighted by atomic mass is 16.5. The number of aliphatic carboxylic acids is 1. The minimum absolute atomic E-state index is 0.0537. The van der Waals surface area contributed by atoms with Crippen LogP contribution in [0.25, 0.3) is 0 Å². The molecule has 2 rings (SSSR count). The van der Waals surface area contributed by atoms with Crippen molar-refractivity contribution >= 4 is 5.97 Å². The molecule has 1 N–H and O–H groups in total. The standard InChI is InChI=1S/C17H18O3/c1-12-4-3-5-16(13(12)2)20-11-15-8-6-14(7-9-15)10-17(18)19/h3-9H,10-11H2,1-2H3,(H,18,19). The number of hydrogen-bond acceptors (Lipinski definition) is 2. The number of carboxylic acids is 1. The molecule has 0 atom stereocenters. The predicted octanol–water partition coefficient (Wildman–Crippen LogP) is 3.51. The summed E-state index contributed by atoms with van der Waals surface area (Å²) in [5, 5.41) is 8.72. The summed E-state index contributed by atoms with van der Waals surface area (Å²) in [5.74, 6) is 0.0731. The molecule has 0 radical (unpaired) electrons. The van der Waals surface area contributed by atoms with Gasteiger partial charge in [0.25, 0.3) is 0 Å². The van der Waals surface area contributed by atoms with Crippen LogP contribution in [0, 0.1) is 13.8 Å². The Balaban J connectivity index is 2.00. The van der Waals surface area contributed by atoms with Gasteiger partial charge in [0.05, 0.1) is 6.42 Å². The second-order valence-electron chi connectivity index (χ2n) is 4.87. The number of ether oxygens (including phenoxy) is 1. The number of carbonyl (C=O) groups is 1. The van der Waals surface area contributed by atoms with E-state index in [1.807, 2.05) is 43.3 Å². The highest BCUT2D eigenvalue weighted by Gasteiger charge is 2.03. The second-order valence-corrected chi connectivity index (χ2v) is 4.87. The van der Waals surface area contributed by atoms with Crippen molar-refractivity contribution in [2.75, 3.05) is 0 Å². The Bertz CT molecular complexity index is 600. The van der Waals surface area contributed by atoms with Crippen LogP contribution >= 0.6 is 0 Å². The lowest BCUT2D eigenvalue weighted by Crippen LogP contribution is -2.01. The van der Waals surface area contributed by atoms with E-state index in [4.69, 9.17) is 9.84 Å². The number of hydrogen-bond donors (Lipinski definition) is 1. The van der Waals surface area contributed by atoms with Crippen LogP contribution in [0.4, 0.5) is 0 Å². The van der Waals surface area contributed by atoms with Gasteiger partial charge in [0.1, 0.15) is 12.4 Å². The normalized spacial score (nSPS) is 10.3. The van der Waals surface area contributed by atoms with Crippen molar-refractivity contribution in [3.05, 3.63) is 64.7 Å². The van der Waals surface area contributed by atoms with Crippen molar-refractivity contribution in [3.8, 4) is 5.75 Å². The molecular formula is C17H18O3. The first-order valence-electron chi connectivity index (χ1n) is 6.55. The summed E-state index contributed by atoms with van der Waals surface area (Å²) in [5.41, 5.74) is 4.18. The first-order valence-corrected chi connectivity index (χ1v) is 6.55. The average Bonchev–Trinajstić information content (AvgIpc) is 2.41. The average molecular weight is 270 g/mol. The Morgan fingerprint density at radius 1 is 1.05 bits per heavy atom. The summed E-state index contributed by atoms with van der Waals surface area (Å²) in [6, 6.07) is 13.5. The highest BCUT2D eigenvalue weighted by Crippen LogP contribution is 2.21. The molecule has 0 aliphatic carbocycles. The number of benzene rings is 2. The zero-order valence-corrected chi connectivity index (χ0v) is 11.7. The van der Waals surface area contributed by atoms with Gasteiger partial charge < -0.3 is 9.84 Å². The third-order valence-corrected chi connectivity index (χ3v) is 3.33. The fourth-order valence-corrected chi connectivity index (χ4v) is 1.97. The van der Waals surface area contributed by atoms with Crippen LogP contribution in [0.3, 0.4) is 0 Å². The molecule has 0 saturated heterocycles. The predicted molar refractivity (Wildman–Crippen MR) is 78.0 cm³/mol. The van der Waals surface area contributed by atoms with Gasteiger partial charge in [-0.2, -0.15) is 0 Å². The van der Waals surface area contributed by atoms with Crippen LogP contribution in [0.1, 0.15) is 22.3 Å². The molecule has 3 nitrogen and oxygen atoms in total. The van der Waals surface area contributed by atoms with Gasteiger partial charge in [-0.15, -0.1) is 0 Å². The van der Waals surface area contributed by atoms with E-state index >= 15 is 0 Å². The van der Waals surface area contributed by atoms with Gasteiger partial charge in [0.15, 0.2) is 0 Å². The number of rotatable bonds is 5. The molecular weight excluding hydrogens is 252 g/mol. The maximum Gasteiger partial charge on any atom is 0.307 e. The van der Waals surface area contributed by atoms with Gasteiger partial charge in [-0.1, -0.05) is 36.4 Å². The lowest BCUT2D eigenvalue weighted by Gasteiger charge is -2.11. The summed E-state index contributed by atoms with van der Waals surface area (Å²) in [6.07, 6.45) is 0.0537. The molecule has 0 amide bonds. The van der Waals surface area contributed by atoms with E-state index in [0.717, 1.165) is 22.4 Å². The van der Waals surface area contributed by atoms with Crippen LogP contribution in [0.15, 0.2) is 42.5 Å². The first kappa shape index (κ1) is 14.1. The third kappa shape index (κ3) is 3.60. The Morgan fingerprint density at radius 2 is 1.70 bits per heavy atom. The van der Waals surface area contributed by atoms with Crippen LogP contribution in [-0.2, 0) is 17.8 Å². The first-order chi connectivity index (χ1) is 9.56. The fourth-order valence-electron chi connectivity index (χ4n) is 1.97. The molecule has 0 saturated carbocycles. The molecule has 0 heterocycles. The summed E-state index contributed by atoms with van der Waals surface area (Å²) >= 11 is 0. The highest BCUT2D eigenvalue weighted by molar-refractivity contribution is 5.70. The molecule has 2 aromatic carbocycles. The lowest BCUT2D eigenvalue weighted by molar-refractivity contribution is -0.136. The maximum atomic E-state index is 10.6. The van der Waals surface area contributed by atoms with Gasteiger partial charge in [-0.25, -0.2) is 0 Å². The quantitative estimate of drug-likeness (QED) is 0.904. The Hall–Kier alpha value is -2.29. The number of carboxylic acid groups (broad SMARTS) is 1. The lowest BCUT2D eigenvalue weighted by atomic mass is 10.1. The van der Waals surface area contributed by atoms with Crippen molar-refractivity contribution in [1.82, 2.24) is 0 Å². The molecule has 0 spiro atoms. The van der Waals surface area contributed by atoms with Crippen molar-refractivity contribution in [2.24, 2.45) is 0 Å². The van der Waals surface area contributed by atoms with E-state index in [2.05, 4.69) is 13.0 Å². The van der Waals surface area contributed by atoms with E-state index in [1.165, 1.54) is 5.56 Å². The molecule has 0 aromatic heterocycles. The van der Waals surface area contributed by atoms with Gasteiger partial charge in [-0.05, 0) is 42.2 Å². The van der Waals surface area contributed by atoms with Crippen molar-refractivity contribution in [2.45, 2.75) is 26.9 Å². The van der Waals surface area contributed by atoms with Gasteiger partial charge in [0.2, 0.25) is 0 Å². The summed E-state index contributed by atoms with van der Waals surface area (Å²) in [7, 11) is 0. The van der Waals surface area contributed by atoms with Gasteiger partial charge in [0, 0.05) is 0 Å². The van der Waals surface area contributed by atoms with E-state index in [1.54, 1.807) is 0 Å². The summed E-state index contributed by atoms with van der Waals surface area (Å²) in [6.45, 7) is 4.58. The van der Waals surface area contributed by atoms with Crippen LogP contribution in [0.5, 0.6) is 5.75 Å². The largest absolute Gasteiger partial charge is 0.489 e. The van der Waals surface area contributed by atoms with Crippen molar-refractivity contribution in [1.29, 1.82) is 0 Å². The SMILES string of the molecule is Cc1cccc(OCc2ccc(CC(=O)O)cc2)c1C. The molecule has 3 heteroatoms. The molecule has 104 valence electrons. The Kier molecular flexibility index (Phi) is 4.41. The minimum atomic E-state index is -0.815. The number of aryl methyl sites for hydroxylation is 1. The molecule has 2 aromatic rings. The van der Waals surface area contributed by atoms with Crippen LogP contribution in [-0.4, -0.2) is 11.1 Å². The summed E-state index contributed by atoms with van der Waals surface area (Å²) < 4.78 is 5.81. The molecule has 0 fully saturated rings. The smallest absolute Gasteiger partial charge is 0.307 e. The van der Waals surface area contributed by atoms with Gasteiger partial charge in [-0.3, -0.25) is 4.79 Å².